The molecule has 1 N–H and O–H groups in total. The lowest BCUT2D eigenvalue weighted by Crippen LogP contribution is -2.51. The van der Waals surface area contributed by atoms with E-state index in [0.717, 1.165) is 17.5 Å². The number of hydrogen-bond donors (Lipinski definition) is 1. The van der Waals surface area contributed by atoms with Gasteiger partial charge >= 0.3 is 0 Å². The van der Waals surface area contributed by atoms with Crippen LogP contribution in [0.5, 0.6) is 0 Å². The van der Waals surface area contributed by atoms with E-state index >= 15 is 0 Å². The first-order valence-electron chi connectivity index (χ1n) is 11.7. The molecule has 0 spiro atoms. The molecule has 4 rings (SSSR count). The zero-order valence-corrected chi connectivity index (χ0v) is 20.5. The van der Waals surface area contributed by atoms with Gasteiger partial charge in [-0.2, -0.15) is 0 Å². The van der Waals surface area contributed by atoms with E-state index in [1.54, 1.807) is 34.1 Å². The van der Waals surface area contributed by atoms with Crippen LogP contribution in [0.25, 0.3) is 11.0 Å². The minimum atomic E-state index is -0.896. The Hall–Kier alpha value is -4.07. The van der Waals surface area contributed by atoms with Crippen molar-refractivity contribution in [3.05, 3.63) is 84.2 Å². The van der Waals surface area contributed by atoms with Crippen LogP contribution in [0.15, 0.2) is 73.1 Å². The fourth-order valence-electron chi connectivity index (χ4n) is 3.94. The van der Waals surface area contributed by atoms with Crippen LogP contribution in [0.1, 0.15) is 44.4 Å². The molecular formula is C27H30N6O2. The van der Waals surface area contributed by atoms with Crippen molar-refractivity contribution in [2.24, 2.45) is 0 Å². The third kappa shape index (κ3) is 5.21. The molecule has 1 atom stereocenters. The molecule has 0 aliphatic rings. The number of anilines is 1. The lowest BCUT2D eigenvalue weighted by molar-refractivity contribution is -0.128. The number of para-hydroxylation sites is 2. The van der Waals surface area contributed by atoms with Gasteiger partial charge in [0.15, 0.2) is 0 Å². The fourth-order valence-corrected chi connectivity index (χ4v) is 3.94. The molecule has 180 valence electrons. The topological polar surface area (TPSA) is 93.0 Å². The second-order valence-electron chi connectivity index (χ2n) is 9.20. The number of amides is 2. The van der Waals surface area contributed by atoms with Crippen molar-refractivity contribution in [1.82, 2.24) is 25.3 Å². The maximum absolute atomic E-state index is 14.0. The summed E-state index contributed by atoms with van der Waals surface area (Å²) in [5.41, 5.74) is 3.23. The van der Waals surface area contributed by atoms with Gasteiger partial charge in [0.2, 0.25) is 11.8 Å². The Balaban J connectivity index is 1.82. The average Bonchev–Trinajstić information content (AvgIpc) is 3.26. The van der Waals surface area contributed by atoms with Crippen LogP contribution in [0.3, 0.4) is 0 Å². The maximum atomic E-state index is 14.0. The zero-order valence-electron chi connectivity index (χ0n) is 20.5. The number of pyridine rings is 1. The molecule has 35 heavy (non-hydrogen) atoms. The van der Waals surface area contributed by atoms with E-state index in [4.69, 9.17) is 0 Å². The van der Waals surface area contributed by atoms with Crippen molar-refractivity contribution in [1.29, 1.82) is 0 Å². The number of rotatable bonds is 8. The number of aryl methyl sites for hydroxylation is 1. The predicted molar refractivity (Wildman–Crippen MR) is 136 cm³/mol. The summed E-state index contributed by atoms with van der Waals surface area (Å²) in [5.74, 6) is -0.538. The quantitative estimate of drug-likeness (QED) is 0.416. The lowest BCUT2D eigenvalue weighted by Gasteiger charge is -2.35. The van der Waals surface area contributed by atoms with Gasteiger partial charge in [-0.3, -0.25) is 19.5 Å². The van der Waals surface area contributed by atoms with Crippen LogP contribution in [0, 0.1) is 6.92 Å². The summed E-state index contributed by atoms with van der Waals surface area (Å²) >= 11 is 0. The second kappa shape index (κ2) is 10.0. The van der Waals surface area contributed by atoms with E-state index in [0.29, 0.717) is 16.8 Å². The number of nitrogens with one attached hydrogen (secondary N) is 1. The van der Waals surface area contributed by atoms with Gasteiger partial charge in [0, 0.05) is 23.6 Å². The highest BCUT2D eigenvalue weighted by Crippen LogP contribution is 2.31. The van der Waals surface area contributed by atoms with Gasteiger partial charge in [0.25, 0.3) is 0 Å². The standard InChI is InChI=1S/C27H30N6O2/c1-5-27(3,4)29-26(35)25(20-14-16-28-17-15-20)33(22-12-8-6-10-19(22)2)24(34)18-32-23-13-9-7-11-21(23)30-31-32/h6-17,25H,5,18H2,1-4H3,(H,29,35)/t25-/m0/s1. The van der Waals surface area contributed by atoms with Gasteiger partial charge in [-0.25, -0.2) is 4.68 Å². The number of nitrogens with zero attached hydrogens (tertiary/aromatic N) is 5. The molecule has 0 saturated heterocycles. The van der Waals surface area contributed by atoms with E-state index in [1.165, 1.54) is 0 Å². The predicted octanol–water partition coefficient (Wildman–Crippen LogP) is 4.21. The summed E-state index contributed by atoms with van der Waals surface area (Å²) in [6.07, 6.45) is 4.00. The third-order valence-corrected chi connectivity index (χ3v) is 6.22. The van der Waals surface area contributed by atoms with Crippen molar-refractivity contribution in [2.45, 2.75) is 52.2 Å². The Labute approximate surface area is 205 Å². The number of benzene rings is 2. The van der Waals surface area contributed by atoms with Gasteiger partial charge in [-0.15, -0.1) is 5.10 Å². The number of hydrogen-bond acceptors (Lipinski definition) is 5. The molecule has 0 aliphatic carbocycles. The van der Waals surface area contributed by atoms with Gasteiger partial charge in [-0.1, -0.05) is 42.5 Å². The van der Waals surface area contributed by atoms with E-state index in [9.17, 15) is 9.59 Å². The Morgan fingerprint density at radius 1 is 1.03 bits per heavy atom. The van der Waals surface area contributed by atoms with Crippen molar-refractivity contribution in [3.63, 3.8) is 0 Å². The van der Waals surface area contributed by atoms with E-state index < -0.39 is 11.6 Å². The molecule has 2 aromatic heterocycles. The minimum absolute atomic E-state index is 0.0686. The SMILES string of the molecule is CCC(C)(C)NC(=O)[C@H](c1ccncc1)N(C(=O)Cn1nnc2ccccc21)c1ccccc1C. The Bertz CT molecular complexity index is 1330. The Morgan fingerprint density at radius 3 is 2.43 bits per heavy atom. The molecule has 2 aromatic carbocycles. The van der Waals surface area contributed by atoms with E-state index in [2.05, 4.69) is 20.6 Å². The Kier molecular flexibility index (Phi) is 6.91. The van der Waals surface area contributed by atoms with Crippen molar-refractivity contribution >= 4 is 28.5 Å². The number of carbonyl (C=O) groups is 2. The zero-order chi connectivity index (χ0) is 25.0. The van der Waals surface area contributed by atoms with Crippen molar-refractivity contribution < 1.29 is 9.59 Å². The molecule has 8 heteroatoms. The molecule has 8 nitrogen and oxygen atoms in total. The summed E-state index contributed by atoms with van der Waals surface area (Å²) < 4.78 is 1.57. The smallest absolute Gasteiger partial charge is 0.249 e. The summed E-state index contributed by atoms with van der Waals surface area (Å²) in [7, 11) is 0. The summed E-state index contributed by atoms with van der Waals surface area (Å²) in [4.78, 5) is 33.5. The number of fused-ring (bicyclic) bond motifs is 1. The van der Waals surface area contributed by atoms with E-state index in [-0.39, 0.29) is 18.4 Å². The van der Waals surface area contributed by atoms with Crippen LogP contribution in [0.4, 0.5) is 5.69 Å². The van der Waals surface area contributed by atoms with Crippen LogP contribution in [-0.2, 0) is 16.1 Å². The van der Waals surface area contributed by atoms with Gasteiger partial charge in [0.1, 0.15) is 18.1 Å². The summed E-state index contributed by atoms with van der Waals surface area (Å²) in [5, 5.41) is 11.5. The first-order chi connectivity index (χ1) is 16.8. The number of aromatic nitrogens is 4. The van der Waals surface area contributed by atoms with Gasteiger partial charge in [0.05, 0.1) is 5.52 Å². The minimum Gasteiger partial charge on any atom is -0.349 e. The molecule has 2 amide bonds. The monoisotopic (exact) mass is 470 g/mol. The van der Waals surface area contributed by atoms with Crippen LogP contribution >= 0.6 is 0 Å². The van der Waals surface area contributed by atoms with E-state index in [1.807, 2.05) is 76.2 Å². The molecule has 0 fully saturated rings. The molecule has 0 radical (unpaired) electrons. The van der Waals surface area contributed by atoms with Gasteiger partial charge in [-0.05, 0) is 68.7 Å². The average molecular weight is 471 g/mol. The fraction of sp³-hybridized carbons (Fsp3) is 0.296. The third-order valence-electron chi connectivity index (χ3n) is 6.22. The highest BCUT2D eigenvalue weighted by atomic mass is 16.2. The molecule has 4 aromatic rings. The summed E-state index contributed by atoms with van der Waals surface area (Å²) in [6.45, 7) is 7.81. The highest BCUT2D eigenvalue weighted by molar-refractivity contribution is 6.02. The van der Waals surface area contributed by atoms with Crippen molar-refractivity contribution in [3.8, 4) is 0 Å². The molecule has 2 heterocycles. The Morgan fingerprint density at radius 2 is 1.71 bits per heavy atom. The normalized spacial score (nSPS) is 12.3. The summed E-state index contributed by atoms with van der Waals surface area (Å²) in [6, 6.07) is 17.7. The highest BCUT2D eigenvalue weighted by Gasteiger charge is 2.35. The lowest BCUT2D eigenvalue weighted by atomic mass is 9.98. The molecule has 0 aliphatic heterocycles. The second-order valence-corrected chi connectivity index (χ2v) is 9.20. The van der Waals surface area contributed by atoms with Crippen LogP contribution in [-0.4, -0.2) is 37.3 Å². The van der Waals surface area contributed by atoms with Crippen molar-refractivity contribution in [2.75, 3.05) is 4.90 Å². The first-order valence-corrected chi connectivity index (χ1v) is 11.7. The largest absolute Gasteiger partial charge is 0.349 e. The van der Waals surface area contributed by atoms with Gasteiger partial charge < -0.3 is 5.32 Å². The number of carbonyl (C=O) groups excluding carboxylic acids is 2. The van der Waals surface area contributed by atoms with Crippen LogP contribution in [0.2, 0.25) is 0 Å². The maximum Gasteiger partial charge on any atom is 0.249 e. The molecular weight excluding hydrogens is 440 g/mol. The molecule has 0 saturated carbocycles. The van der Waals surface area contributed by atoms with Crippen LogP contribution < -0.4 is 10.2 Å². The first kappa shape index (κ1) is 24.1. The molecule has 0 bridgehead atoms. The molecule has 0 unspecified atom stereocenters.